The molecular formula is C26H21N3O4. The SMILES string of the molecule is O=C(Cc1ccccc1[N+](=O)[O-])NN=Cc1ccc(OCc2ccc3ccccc3c2)cc1. The van der Waals surface area contributed by atoms with Crippen LogP contribution < -0.4 is 10.2 Å². The van der Waals surface area contributed by atoms with Gasteiger partial charge in [-0.2, -0.15) is 5.10 Å². The van der Waals surface area contributed by atoms with Crippen molar-refractivity contribution in [1.29, 1.82) is 0 Å². The number of nitro groups is 1. The molecule has 0 saturated carbocycles. The standard InChI is InChI=1S/C26H21N3O4/c30-26(16-23-7-3-4-8-25(23)29(31)32)28-27-17-19-10-13-24(14-11-19)33-18-20-9-12-21-5-1-2-6-22(21)15-20/h1-15,17H,16,18H2,(H,28,30). The highest BCUT2D eigenvalue weighted by Gasteiger charge is 2.14. The Balaban J connectivity index is 1.29. The van der Waals surface area contributed by atoms with Crippen LogP contribution in [0.3, 0.4) is 0 Å². The van der Waals surface area contributed by atoms with E-state index in [0.29, 0.717) is 12.2 Å². The van der Waals surface area contributed by atoms with E-state index < -0.39 is 10.8 Å². The number of fused-ring (bicyclic) bond motifs is 1. The van der Waals surface area contributed by atoms with Crippen molar-refractivity contribution in [2.75, 3.05) is 0 Å². The summed E-state index contributed by atoms with van der Waals surface area (Å²) < 4.78 is 5.87. The molecule has 0 aliphatic rings. The lowest BCUT2D eigenvalue weighted by molar-refractivity contribution is -0.385. The summed E-state index contributed by atoms with van der Waals surface area (Å²) in [5.74, 6) is 0.289. The molecule has 164 valence electrons. The van der Waals surface area contributed by atoms with E-state index in [1.165, 1.54) is 23.1 Å². The second-order valence-electron chi connectivity index (χ2n) is 7.39. The number of para-hydroxylation sites is 1. The molecule has 0 radical (unpaired) electrons. The maximum Gasteiger partial charge on any atom is 0.273 e. The van der Waals surface area contributed by atoms with Gasteiger partial charge in [-0.05, 0) is 52.2 Å². The van der Waals surface area contributed by atoms with Gasteiger partial charge in [0.25, 0.3) is 5.69 Å². The van der Waals surface area contributed by atoms with Crippen LogP contribution in [-0.2, 0) is 17.8 Å². The largest absolute Gasteiger partial charge is 0.489 e. The third-order valence-corrected chi connectivity index (χ3v) is 5.04. The van der Waals surface area contributed by atoms with Crippen molar-refractivity contribution < 1.29 is 14.5 Å². The number of hydrazone groups is 1. The van der Waals surface area contributed by atoms with Crippen molar-refractivity contribution in [2.24, 2.45) is 5.10 Å². The van der Waals surface area contributed by atoms with Crippen LogP contribution in [0.4, 0.5) is 5.69 Å². The van der Waals surface area contributed by atoms with Gasteiger partial charge in [0.1, 0.15) is 12.4 Å². The van der Waals surface area contributed by atoms with Gasteiger partial charge in [-0.15, -0.1) is 0 Å². The van der Waals surface area contributed by atoms with Crippen molar-refractivity contribution in [2.45, 2.75) is 13.0 Å². The van der Waals surface area contributed by atoms with E-state index in [1.807, 2.05) is 36.4 Å². The monoisotopic (exact) mass is 439 g/mol. The average Bonchev–Trinajstić information content (AvgIpc) is 2.83. The van der Waals surface area contributed by atoms with Crippen molar-refractivity contribution >= 4 is 28.6 Å². The Morgan fingerprint density at radius 3 is 2.45 bits per heavy atom. The van der Waals surface area contributed by atoms with Crippen LogP contribution in [0.1, 0.15) is 16.7 Å². The molecule has 0 unspecified atom stereocenters. The lowest BCUT2D eigenvalue weighted by Crippen LogP contribution is -2.20. The van der Waals surface area contributed by atoms with Gasteiger partial charge in [0.2, 0.25) is 5.91 Å². The molecule has 0 heterocycles. The normalized spacial score (nSPS) is 10.9. The van der Waals surface area contributed by atoms with Crippen LogP contribution in [0, 0.1) is 10.1 Å². The second-order valence-corrected chi connectivity index (χ2v) is 7.39. The van der Waals surface area contributed by atoms with E-state index in [9.17, 15) is 14.9 Å². The number of nitro benzene ring substituents is 1. The number of ether oxygens (including phenoxy) is 1. The first kappa shape index (κ1) is 21.7. The Morgan fingerprint density at radius 2 is 1.67 bits per heavy atom. The zero-order valence-corrected chi connectivity index (χ0v) is 17.7. The molecule has 4 aromatic rings. The maximum absolute atomic E-state index is 12.1. The zero-order chi connectivity index (χ0) is 23.0. The first-order valence-electron chi connectivity index (χ1n) is 10.3. The molecule has 0 saturated heterocycles. The molecule has 0 aliphatic carbocycles. The van der Waals surface area contributed by atoms with Gasteiger partial charge in [0.05, 0.1) is 17.6 Å². The van der Waals surface area contributed by atoms with E-state index in [4.69, 9.17) is 4.74 Å². The molecule has 1 amide bonds. The summed E-state index contributed by atoms with van der Waals surface area (Å²) in [4.78, 5) is 22.6. The molecule has 0 fully saturated rings. The second kappa shape index (κ2) is 10.2. The number of hydrogen-bond donors (Lipinski definition) is 1. The molecular weight excluding hydrogens is 418 g/mol. The highest BCUT2D eigenvalue weighted by molar-refractivity contribution is 5.84. The van der Waals surface area contributed by atoms with Gasteiger partial charge in [0, 0.05) is 11.6 Å². The van der Waals surface area contributed by atoms with Crippen LogP contribution >= 0.6 is 0 Å². The van der Waals surface area contributed by atoms with Gasteiger partial charge in [0.15, 0.2) is 0 Å². The zero-order valence-electron chi connectivity index (χ0n) is 17.7. The molecule has 4 aromatic carbocycles. The molecule has 0 bridgehead atoms. The Kier molecular flexibility index (Phi) is 6.70. The smallest absolute Gasteiger partial charge is 0.273 e. The third kappa shape index (κ3) is 5.80. The minimum absolute atomic E-state index is 0.0871. The van der Waals surface area contributed by atoms with Gasteiger partial charge in [-0.1, -0.05) is 54.6 Å². The predicted octanol–water partition coefficient (Wildman–Crippen LogP) is 5.02. The molecule has 0 aliphatic heterocycles. The highest BCUT2D eigenvalue weighted by atomic mass is 16.6. The molecule has 0 spiro atoms. The number of carbonyl (C=O) groups excluding carboxylic acids is 1. The van der Waals surface area contributed by atoms with E-state index in [0.717, 1.165) is 16.9 Å². The summed E-state index contributed by atoms with van der Waals surface area (Å²) in [6.07, 6.45) is 1.38. The molecule has 0 atom stereocenters. The van der Waals surface area contributed by atoms with Crippen molar-refractivity contribution in [1.82, 2.24) is 5.43 Å². The van der Waals surface area contributed by atoms with Crippen LogP contribution in [0.5, 0.6) is 5.75 Å². The van der Waals surface area contributed by atoms with Gasteiger partial charge < -0.3 is 4.74 Å². The summed E-state index contributed by atoms with van der Waals surface area (Å²) in [5.41, 5.74) is 4.51. The first-order valence-corrected chi connectivity index (χ1v) is 10.3. The minimum atomic E-state index is -0.504. The molecule has 1 N–H and O–H groups in total. The van der Waals surface area contributed by atoms with Gasteiger partial charge in [-0.25, -0.2) is 5.43 Å². The van der Waals surface area contributed by atoms with E-state index >= 15 is 0 Å². The fourth-order valence-corrected chi connectivity index (χ4v) is 3.38. The number of benzene rings is 4. The number of carbonyl (C=O) groups is 1. The van der Waals surface area contributed by atoms with Crippen molar-refractivity contribution in [3.8, 4) is 5.75 Å². The minimum Gasteiger partial charge on any atom is -0.489 e. The lowest BCUT2D eigenvalue weighted by Gasteiger charge is -2.07. The summed E-state index contributed by atoms with van der Waals surface area (Å²) >= 11 is 0. The van der Waals surface area contributed by atoms with Gasteiger partial charge in [-0.3, -0.25) is 14.9 Å². The summed E-state index contributed by atoms with van der Waals surface area (Å²) in [5, 5.41) is 17.3. The Hall–Kier alpha value is -4.52. The predicted molar refractivity (Wildman–Crippen MR) is 127 cm³/mol. The fraction of sp³-hybridized carbons (Fsp3) is 0.0769. The molecule has 0 aromatic heterocycles. The van der Waals surface area contributed by atoms with E-state index in [2.05, 4.69) is 40.9 Å². The van der Waals surface area contributed by atoms with Crippen LogP contribution in [0.25, 0.3) is 10.8 Å². The Bertz CT molecular complexity index is 1320. The van der Waals surface area contributed by atoms with Crippen molar-refractivity contribution in [3.63, 3.8) is 0 Å². The average molecular weight is 439 g/mol. The Labute approximate surface area is 190 Å². The summed E-state index contributed by atoms with van der Waals surface area (Å²) in [7, 11) is 0. The summed E-state index contributed by atoms with van der Waals surface area (Å²) in [6, 6.07) is 27.9. The number of hydrogen-bond acceptors (Lipinski definition) is 5. The molecule has 7 heteroatoms. The van der Waals surface area contributed by atoms with Crippen LogP contribution in [-0.4, -0.2) is 17.0 Å². The highest BCUT2D eigenvalue weighted by Crippen LogP contribution is 2.19. The van der Waals surface area contributed by atoms with Crippen LogP contribution in [0.15, 0.2) is 96.1 Å². The molecule has 7 nitrogen and oxygen atoms in total. The number of nitrogens with one attached hydrogen (secondary N) is 1. The number of nitrogens with zero attached hydrogens (tertiary/aromatic N) is 2. The topological polar surface area (TPSA) is 93.8 Å². The molecule has 33 heavy (non-hydrogen) atoms. The number of amides is 1. The van der Waals surface area contributed by atoms with E-state index in [-0.39, 0.29) is 12.1 Å². The van der Waals surface area contributed by atoms with Gasteiger partial charge >= 0.3 is 0 Å². The van der Waals surface area contributed by atoms with Crippen LogP contribution in [0.2, 0.25) is 0 Å². The quantitative estimate of drug-likeness (QED) is 0.237. The lowest BCUT2D eigenvalue weighted by atomic mass is 10.1. The van der Waals surface area contributed by atoms with Crippen molar-refractivity contribution in [3.05, 3.63) is 118 Å². The molecule has 4 rings (SSSR count). The fourth-order valence-electron chi connectivity index (χ4n) is 3.38. The Morgan fingerprint density at radius 1 is 0.939 bits per heavy atom. The number of rotatable bonds is 8. The first-order chi connectivity index (χ1) is 16.1. The summed E-state index contributed by atoms with van der Waals surface area (Å²) in [6.45, 7) is 0.458. The third-order valence-electron chi connectivity index (χ3n) is 5.04. The van der Waals surface area contributed by atoms with E-state index in [1.54, 1.807) is 18.2 Å². The maximum atomic E-state index is 12.1.